The van der Waals surface area contributed by atoms with Gasteiger partial charge in [0.15, 0.2) is 0 Å². The Labute approximate surface area is 92.7 Å². The lowest BCUT2D eigenvalue weighted by atomic mass is 10.1. The summed E-state index contributed by atoms with van der Waals surface area (Å²) in [5, 5.41) is 2.88. The van der Waals surface area contributed by atoms with Crippen LogP contribution in [0.15, 0.2) is 0 Å². The maximum atomic E-state index is 11.6. The van der Waals surface area contributed by atoms with E-state index in [1.807, 2.05) is 20.8 Å². The molecule has 4 heteroatoms. The fourth-order valence-corrected chi connectivity index (χ4v) is 0.871. The zero-order valence-corrected chi connectivity index (χ0v) is 10.7. The summed E-state index contributed by atoms with van der Waals surface area (Å²) >= 11 is 0. The summed E-state index contributed by atoms with van der Waals surface area (Å²) in [6.07, 6.45) is 0. The van der Waals surface area contributed by atoms with E-state index in [-0.39, 0.29) is 17.5 Å². The van der Waals surface area contributed by atoms with E-state index in [9.17, 15) is 4.79 Å². The van der Waals surface area contributed by atoms with Crippen molar-refractivity contribution in [1.29, 1.82) is 0 Å². The van der Waals surface area contributed by atoms with Gasteiger partial charge in [-0.3, -0.25) is 4.79 Å². The molecule has 1 unspecified atom stereocenters. The molecule has 1 amide bonds. The maximum absolute atomic E-state index is 11.6. The van der Waals surface area contributed by atoms with Crippen LogP contribution in [0.5, 0.6) is 0 Å². The molecule has 0 fully saturated rings. The van der Waals surface area contributed by atoms with Crippen molar-refractivity contribution in [2.75, 3.05) is 6.61 Å². The number of carbonyl (C=O) groups excluding carboxylic acids is 1. The lowest BCUT2D eigenvalue weighted by Gasteiger charge is -2.23. The number of hydrogen-bond acceptors (Lipinski definition) is 3. The zero-order valence-electron chi connectivity index (χ0n) is 10.7. The topological polar surface area (TPSA) is 50.4 Å². The molecule has 0 aromatic carbocycles. The molecular formula is C11H24N2O2. The quantitative estimate of drug-likeness (QED) is 0.684. The molecule has 0 saturated carbocycles. The molecule has 0 aliphatic rings. The minimum absolute atomic E-state index is 0.0498. The minimum atomic E-state index is -0.331. The van der Waals surface area contributed by atoms with Crippen LogP contribution >= 0.6 is 0 Å². The fraction of sp³-hybridized carbons (Fsp3) is 0.909. The molecule has 1 atom stereocenters. The van der Waals surface area contributed by atoms with Gasteiger partial charge in [-0.05, 0) is 33.6 Å². The summed E-state index contributed by atoms with van der Waals surface area (Å²) in [6, 6.07) is -0.331. The molecular weight excluding hydrogens is 192 g/mol. The molecule has 0 rings (SSSR count). The zero-order chi connectivity index (χ0) is 12.1. The van der Waals surface area contributed by atoms with Crippen LogP contribution in [0.3, 0.4) is 0 Å². The first-order chi connectivity index (χ1) is 6.72. The number of rotatable bonds is 5. The molecule has 0 aliphatic heterocycles. The highest BCUT2D eigenvalue weighted by molar-refractivity contribution is 5.81. The third-order valence-electron chi connectivity index (χ3n) is 1.57. The van der Waals surface area contributed by atoms with Gasteiger partial charge in [-0.2, -0.15) is 5.48 Å². The van der Waals surface area contributed by atoms with E-state index in [1.54, 1.807) is 6.92 Å². The summed E-state index contributed by atoms with van der Waals surface area (Å²) < 4.78 is 0. The van der Waals surface area contributed by atoms with Crippen molar-refractivity contribution in [3.63, 3.8) is 0 Å². The monoisotopic (exact) mass is 216 g/mol. The Bertz CT molecular complexity index is 197. The molecule has 0 radical (unpaired) electrons. The van der Waals surface area contributed by atoms with E-state index in [1.165, 1.54) is 0 Å². The van der Waals surface area contributed by atoms with Crippen molar-refractivity contribution in [1.82, 2.24) is 10.8 Å². The van der Waals surface area contributed by atoms with Crippen LogP contribution in [0.2, 0.25) is 0 Å². The van der Waals surface area contributed by atoms with Crippen molar-refractivity contribution in [3.8, 4) is 0 Å². The van der Waals surface area contributed by atoms with Gasteiger partial charge in [0, 0.05) is 5.54 Å². The van der Waals surface area contributed by atoms with E-state index < -0.39 is 0 Å². The third-order valence-corrected chi connectivity index (χ3v) is 1.57. The summed E-state index contributed by atoms with van der Waals surface area (Å²) in [4.78, 5) is 16.8. The Morgan fingerprint density at radius 1 is 1.27 bits per heavy atom. The van der Waals surface area contributed by atoms with Crippen LogP contribution in [-0.2, 0) is 9.63 Å². The van der Waals surface area contributed by atoms with Gasteiger partial charge < -0.3 is 10.2 Å². The summed E-state index contributed by atoms with van der Waals surface area (Å²) in [5.74, 6) is 0.404. The number of carbonyl (C=O) groups is 1. The normalized spacial score (nSPS) is 14.1. The SMILES string of the molecule is CC(C)CONC(C)C(=O)NC(C)(C)C. The molecule has 2 N–H and O–H groups in total. The smallest absolute Gasteiger partial charge is 0.239 e. The molecule has 0 aromatic rings. The molecule has 0 aromatic heterocycles. The van der Waals surface area contributed by atoms with Crippen LogP contribution in [0.1, 0.15) is 41.5 Å². The Kier molecular flexibility index (Phi) is 5.83. The van der Waals surface area contributed by atoms with E-state index in [4.69, 9.17) is 4.84 Å². The van der Waals surface area contributed by atoms with Gasteiger partial charge in [0.1, 0.15) is 6.04 Å². The Morgan fingerprint density at radius 2 is 1.80 bits per heavy atom. The lowest BCUT2D eigenvalue weighted by molar-refractivity contribution is -0.128. The molecule has 15 heavy (non-hydrogen) atoms. The van der Waals surface area contributed by atoms with Gasteiger partial charge in [0.25, 0.3) is 0 Å². The van der Waals surface area contributed by atoms with Crippen LogP contribution in [0, 0.1) is 5.92 Å². The Hall–Kier alpha value is -0.610. The second kappa shape index (κ2) is 6.08. The standard InChI is InChI=1S/C11H24N2O2/c1-8(2)7-15-13-9(3)10(14)12-11(4,5)6/h8-9,13H,7H2,1-6H3,(H,12,14). The second-order valence-electron chi connectivity index (χ2n) is 5.28. The molecule has 90 valence electrons. The summed E-state index contributed by atoms with van der Waals surface area (Å²) in [7, 11) is 0. The van der Waals surface area contributed by atoms with E-state index in [0.717, 1.165) is 0 Å². The summed E-state index contributed by atoms with van der Waals surface area (Å²) in [5.41, 5.74) is 2.52. The highest BCUT2D eigenvalue weighted by atomic mass is 16.6. The van der Waals surface area contributed by atoms with Crippen molar-refractivity contribution >= 4 is 5.91 Å². The highest BCUT2D eigenvalue weighted by Gasteiger charge is 2.18. The molecule has 0 saturated heterocycles. The predicted molar refractivity (Wildman–Crippen MR) is 61.3 cm³/mol. The van der Waals surface area contributed by atoms with Crippen LogP contribution < -0.4 is 10.8 Å². The van der Waals surface area contributed by atoms with Gasteiger partial charge in [-0.15, -0.1) is 0 Å². The maximum Gasteiger partial charge on any atom is 0.239 e. The van der Waals surface area contributed by atoms with Crippen LogP contribution in [0.25, 0.3) is 0 Å². The van der Waals surface area contributed by atoms with Gasteiger partial charge in [0.05, 0.1) is 6.61 Å². The minimum Gasteiger partial charge on any atom is -0.350 e. The van der Waals surface area contributed by atoms with E-state index in [0.29, 0.717) is 12.5 Å². The first kappa shape index (κ1) is 14.4. The van der Waals surface area contributed by atoms with E-state index in [2.05, 4.69) is 24.6 Å². The van der Waals surface area contributed by atoms with Crippen molar-refractivity contribution in [2.45, 2.75) is 53.1 Å². The lowest BCUT2D eigenvalue weighted by Crippen LogP contribution is -2.49. The van der Waals surface area contributed by atoms with Crippen LogP contribution in [0.4, 0.5) is 0 Å². The predicted octanol–water partition coefficient (Wildman–Crippen LogP) is 1.47. The summed E-state index contributed by atoms with van der Waals surface area (Å²) in [6.45, 7) is 12.4. The number of amides is 1. The van der Waals surface area contributed by atoms with Gasteiger partial charge >= 0.3 is 0 Å². The third kappa shape index (κ3) is 8.39. The molecule has 0 bridgehead atoms. The second-order valence-corrected chi connectivity index (χ2v) is 5.28. The largest absolute Gasteiger partial charge is 0.350 e. The first-order valence-electron chi connectivity index (χ1n) is 5.41. The fourth-order valence-electron chi connectivity index (χ4n) is 0.871. The first-order valence-corrected chi connectivity index (χ1v) is 5.41. The molecule has 0 heterocycles. The molecule has 0 spiro atoms. The number of hydroxylamine groups is 1. The van der Waals surface area contributed by atoms with Crippen molar-refractivity contribution in [3.05, 3.63) is 0 Å². The Morgan fingerprint density at radius 3 is 2.20 bits per heavy atom. The van der Waals surface area contributed by atoms with Gasteiger partial charge in [0.2, 0.25) is 5.91 Å². The number of hydrogen-bond donors (Lipinski definition) is 2. The average molecular weight is 216 g/mol. The highest BCUT2D eigenvalue weighted by Crippen LogP contribution is 1.99. The number of nitrogens with one attached hydrogen (secondary N) is 2. The van der Waals surface area contributed by atoms with Crippen LogP contribution in [-0.4, -0.2) is 24.1 Å². The molecule has 0 aliphatic carbocycles. The van der Waals surface area contributed by atoms with Crippen molar-refractivity contribution in [2.24, 2.45) is 5.92 Å². The van der Waals surface area contributed by atoms with Crippen molar-refractivity contribution < 1.29 is 9.63 Å². The van der Waals surface area contributed by atoms with E-state index >= 15 is 0 Å². The Balaban J connectivity index is 3.80. The van der Waals surface area contributed by atoms with Gasteiger partial charge in [-0.1, -0.05) is 13.8 Å². The molecule has 4 nitrogen and oxygen atoms in total. The van der Waals surface area contributed by atoms with Gasteiger partial charge in [-0.25, -0.2) is 0 Å². The average Bonchev–Trinajstić information content (AvgIpc) is 1.99.